The Labute approximate surface area is 100 Å². The van der Waals surface area contributed by atoms with Gasteiger partial charge in [-0.3, -0.25) is 10.2 Å². The molecular weight excluding hydrogens is 218 g/mol. The average molecular weight is 235 g/mol. The number of hydrogen-bond acceptors (Lipinski definition) is 4. The van der Waals surface area contributed by atoms with Crippen LogP contribution in [0.25, 0.3) is 0 Å². The lowest BCUT2D eigenvalue weighted by molar-refractivity contribution is -0.121. The van der Waals surface area contributed by atoms with Gasteiger partial charge in [-0.15, -0.1) is 0 Å². The molecule has 0 bridgehead atoms. The summed E-state index contributed by atoms with van der Waals surface area (Å²) in [5.41, 5.74) is 10.1. The number of aryl methyl sites for hydroxylation is 1. The van der Waals surface area contributed by atoms with E-state index in [1.807, 2.05) is 18.2 Å². The molecule has 0 saturated carbocycles. The Balaban J connectivity index is 2.13. The number of amides is 1. The number of benzene rings is 1. The largest absolute Gasteiger partial charge is 0.493 e. The molecule has 1 aliphatic heterocycles. The molecule has 5 N–H and O–H groups in total. The van der Waals surface area contributed by atoms with Crippen molar-refractivity contribution in [2.75, 3.05) is 6.61 Å². The number of hydrazine groups is 1. The number of nitrogens with two attached hydrogens (primary N) is 2. The van der Waals surface area contributed by atoms with Gasteiger partial charge in [-0.2, -0.15) is 0 Å². The highest BCUT2D eigenvalue weighted by Crippen LogP contribution is 2.27. The Hall–Kier alpha value is -1.59. The second-order valence-corrected chi connectivity index (χ2v) is 4.20. The number of carbonyl (C=O) groups excluding carboxylic acids is 1. The SMILES string of the molecule is NNC(=O)CC(N)c1ccc2c(c1)CCCO2. The van der Waals surface area contributed by atoms with Crippen LogP contribution in [0.3, 0.4) is 0 Å². The lowest BCUT2D eigenvalue weighted by Gasteiger charge is -2.19. The Bertz CT molecular complexity index is 420. The minimum absolute atomic E-state index is 0.191. The molecule has 0 spiro atoms. The molecule has 92 valence electrons. The molecule has 1 aromatic rings. The van der Waals surface area contributed by atoms with Crippen LogP contribution in [0.4, 0.5) is 0 Å². The van der Waals surface area contributed by atoms with Crippen molar-refractivity contribution in [3.8, 4) is 5.75 Å². The fourth-order valence-corrected chi connectivity index (χ4v) is 1.99. The minimum Gasteiger partial charge on any atom is -0.493 e. The highest BCUT2D eigenvalue weighted by molar-refractivity contribution is 5.76. The number of fused-ring (bicyclic) bond motifs is 1. The summed E-state index contributed by atoms with van der Waals surface area (Å²) in [7, 11) is 0. The Morgan fingerprint density at radius 1 is 1.53 bits per heavy atom. The van der Waals surface area contributed by atoms with E-state index in [1.54, 1.807) is 0 Å². The molecule has 5 heteroatoms. The molecule has 0 fully saturated rings. The summed E-state index contributed by atoms with van der Waals surface area (Å²) < 4.78 is 5.52. The fraction of sp³-hybridized carbons (Fsp3) is 0.417. The van der Waals surface area contributed by atoms with E-state index >= 15 is 0 Å². The zero-order valence-corrected chi connectivity index (χ0v) is 9.61. The fourth-order valence-electron chi connectivity index (χ4n) is 1.99. The number of nitrogens with one attached hydrogen (secondary N) is 1. The molecule has 1 unspecified atom stereocenters. The summed E-state index contributed by atoms with van der Waals surface area (Å²) in [6.45, 7) is 0.772. The summed E-state index contributed by atoms with van der Waals surface area (Å²) >= 11 is 0. The maximum atomic E-state index is 11.1. The van der Waals surface area contributed by atoms with Crippen LogP contribution in [0.2, 0.25) is 0 Å². The molecule has 0 radical (unpaired) electrons. The third kappa shape index (κ3) is 2.75. The van der Waals surface area contributed by atoms with Crippen LogP contribution in [0.1, 0.15) is 30.0 Å². The number of hydrogen-bond donors (Lipinski definition) is 3. The maximum Gasteiger partial charge on any atom is 0.235 e. The molecule has 1 aromatic carbocycles. The van der Waals surface area contributed by atoms with Crippen molar-refractivity contribution in [3.05, 3.63) is 29.3 Å². The normalized spacial score (nSPS) is 15.6. The van der Waals surface area contributed by atoms with Crippen LogP contribution in [0, 0.1) is 0 Å². The standard InChI is InChI=1S/C12H17N3O2/c13-10(7-12(16)15-14)8-3-4-11-9(6-8)2-1-5-17-11/h3-4,6,10H,1-2,5,7,13-14H2,(H,15,16). The molecule has 0 aliphatic carbocycles. The van der Waals surface area contributed by atoms with Gasteiger partial charge < -0.3 is 10.5 Å². The van der Waals surface area contributed by atoms with Gasteiger partial charge >= 0.3 is 0 Å². The van der Waals surface area contributed by atoms with Gasteiger partial charge in [0.15, 0.2) is 0 Å². The van der Waals surface area contributed by atoms with Crippen molar-refractivity contribution in [1.82, 2.24) is 5.43 Å². The second-order valence-electron chi connectivity index (χ2n) is 4.20. The quantitative estimate of drug-likeness (QED) is 0.401. The van der Waals surface area contributed by atoms with Crippen LogP contribution >= 0.6 is 0 Å². The topological polar surface area (TPSA) is 90.4 Å². The molecule has 2 rings (SSSR count). The van der Waals surface area contributed by atoms with Crippen molar-refractivity contribution in [3.63, 3.8) is 0 Å². The minimum atomic E-state index is -0.328. The van der Waals surface area contributed by atoms with Crippen molar-refractivity contribution >= 4 is 5.91 Å². The third-order valence-electron chi connectivity index (χ3n) is 2.93. The first kappa shape index (κ1) is 11.9. The van der Waals surface area contributed by atoms with Gasteiger partial charge in [0, 0.05) is 12.5 Å². The molecule has 1 heterocycles. The number of rotatable bonds is 3. The Morgan fingerprint density at radius 2 is 2.35 bits per heavy atom. The predicted octanol–water partition coefficient (Wildman–Crippen LogP) is 0.391. The first-order valence-corrected chi connectivity index (χ1v) is 5.71. The van der Waals surface area contributed by atoms with E-state index in [1.165, 1.54) is 0 Å². The molecule has 1 aliphatic rings. The van der Waals surface area contributed by atoms with Crippen LogP contribution in [0.5, 0.6) is 5.75 Å². The maximum absolute atomic E-state index is 11.1. The Kier molecular flexibility index (Phi) is 3.61. The lowest BCUT2D eigenvalue weighted by atomic mass is 9.98. The first-order valence-electron chi connectivity index (χ1n) is 5.71. The molecule has 1 atom stereocenters. The van der Waals surface area contributed by atoms with Crippen molar-refractivity contribution in [2.45, 2.75) is 25.3 Å². The van der Waals surface area contributed by atoms with Gasteiger partial charge in [-0.05, 0) is 30.0 Å². The molecule has 0 aromatic heterocycles. The van der Waals surface area contributed by atoms with Gasteiger partial charge in [-0.1, -0.05) is 12.1 Å². The summed E-state index contributed by atoms with van der Waals surface area (Å²) in [6.07, 6.45) is 2.21. The lowest BCUT2D eigenvalue weighted by Crippen LogP contribution is -2.32. The molecule has 5 nitrogen and oxygen atoms in total. The summed E-state index contributed by atoms with van der Waals surface area (Å²) in [5, 5.41) is 0. The smallest absolute Gasteiger partial charge is 0.235 e. The van der Waals surface area contributed by atoms with Crippen LogP contribution in [0.15, 0.2) is 18.2 Å². The van der Waals surface area contributed by atoms with Gasteiger partial charge in [0.05, 0.1) is 6.61 Å². The monoisotopic (exact) mass is 235 g/mol. The van der Waals surface area contributed by atoms with Crippen molar-refractivity contribution in [2.24, 2.45) is 11.6 Å². The summed E-state index contributed by atoms with van der Waals surface area (Å²) in [5.74, 6) is 5.70. The van der Waals surface area contributed by atoms with E-state index in [0.717, 1.165) is 36.3 Å². The number of carbonyl (C=O) groups is 1. The van der Waals surface area contributed by atoms with E-state index in [2.05, 4.69) is 5.43 Å². The summed E-state index contributed by atoms with van der Waals surface area (Å²) in [4.78, 5) is 11.1. The second kappa shape index (κ2) is 5.16. The predicted molar refractivity (Wildman–Crippen MR) is 64.1 cm³/mol. The molecule has 1 amide bonds. The van der Waals surface area contributed by atoms with Crippen LogP contribution < -0.4 is 21.7 Å². The van der Waals surface area contributed by atoms with Crippen molar-refractivity contribution < 1.29 is 9.53 Å². The van der Waals surface area contributed by atoms with E-state index in [0.29, 0.717) is 0 Å². The van der Waals surface area contributed by atoms with E-state index in [-0.39, 0.29) is 18.4 Å². The van der Waals surface area contributed by atoms with E-state index in [4.69, 9.17) is 16.3 Å². The molecule has 17 heavy (non-hydrogen) atoms. The first-order chi connectivity index (χ1) is 8.20. The average Bonchev–Trinajstić information content (AvgIpc) is 2.38. The van der Waals surface area contributed by atoms with Gasteiger partial charge in [0.2, 0.25) is 5.91 Å². The van der Waals surface area contributed by atoms with Gasteiger partial charge in [0.1, 0.15) is 5.75 Å². The van der Waals surface area contributed by atoms with E-state index < -0.39 is 0 Å². The number of ether oxygens (including phenoxy) is 1. The Morgan fingerprint density at radius 3 is 3.12 bits per heavy atom. The van der Waals surface area contributed by atoms with Crippen LogP contribution in [-0.2, 0) is 11.2 Å². The molecular formula is C12H17N3O2. The highest BCUT2D eigenvalue weighted by Gasteiger charge is 2.15. The van der Waals surface area contributed by atoms with E-state index in [9.17, 15) is 4.79 Å². The zero-order valence-electron chi connectivity index (χ0n) is 9.61. The zero-order chi connectivity index (χ0) is 12.3. The summed E-state index contributed by atoms with van der Waals surface area (Å²) in [6, 6.07) is 5.51. The third-order valence-corrected chi connectivity index (χ3v) is 2.93. The van der Waals surface area contributed by atoms with Gasteiger partial charge in [0.25, 0.3) is 0 Å². The van der Waals surface area contributed by atoms with Crippen LogP contribution in [-0.4, -0.2) is 12.5 Å². The van der Waals surface area contributed by atoms with Crippen molar-refractivity contribution in [1.29, 1.82) is 0 Å². The van der Waals surface area contributed by atoms with Gasteiger partial charge in [-0.25, -0.2) is 5.84 Å². The highest BCUT2D eigenvalue weighted by atomic mass is 16.5. The molecule has 0 saturated heterocycles.